The van der Waals surface area contributed by atoms with E-state index in [2.05, 4.69) is 71.4 Å². The SMILES string of the molecule is COc1cc(N2CCC(N3CCN(C)CC3)CC2)c(C)cc1Nc1nccc(Nc2ccc3nccnc3c2N(C)S(C)(=O)=O)n1. The van der Waals surface area contributed by atoms with Crippen LogP contribution in [0.1, 0.15) is 18.4 Å². The van der Waals surface area contributed by atoms with Crippen molar-refractivity contribution in [2.45, 2.75) is 25.8 Å². The molecule has 14 heteroatoms. The van der Waals surface area contributed by atoms with Crippen LogP contribution >= 0.6 is 0 Å². The number of likely N-dealkylation sites (N-methyl/N-ethyl adjacent to an activating group) is 1. The second kappa shape index (κ2) is 13.2. The van der Waals surface area contributed by atoms with E-state index in [1.54, 1.807) is 37.7 Å². The van der Waals surface area contributed by atoms with Crippen LogP contribution in [-0.4, -0.2) is 111 Å². The second-order valence-corrected chi connectivity index (χ2v) is 14.0. The van der Waals surface area contributed by atoms with E-state index in [9.17, 15) is 8.42 Å². The highest BCUT2D eigenvalue weighted by molar-refractivity contribution is 7.92. The molecule has 6 rings (SSSR count). The minimum atomic E-state index is -3.59. The summed E-state index contributed by atoms with van der Waals surface area (Å²) in [5, 5.41) is 6.58. The quantitative estimate of drug-likeness (QED) is 0.274. The van der Waals surface area contributed by atoms with Gasteiger partial charge < -0.3 is 25.2 Å². The number of methoxy groups -OCH3 is 1. The Balaban J connectivity index is 1.19. The zero-order chi connectivity index (χ0) is 32.4. The predicted molar refractivity (Wildman–Crippen MR) is 183 cm³/mol. The molecule has 46 heavy (non-hydrogen) atoms. The summed E-state index contributed by atoms with van der Waals surface area (Å²) in [5.74, 6) is 1.54. The van der Waals surface area contributed by atoms with Crippen LogP contribution < -0.4 is 24.6 Å². The van der Waals surface area contributed by atoms with Gasteiger partial charge in [-0.3, -0.25) is 19.2 Å². The van der Waals surface area contributed by atoms with Crippen molar-refractivity contribution in [3.05, 3.63) is 54.5 Å². The highest BCUT2D eigenvalue weighted by atomic mass is 32.2. The van der Waals surface area contributed by atoms with Gasteiger partial charge in [-0.1, -0.05) is 0 Å². The molecule has 0 saturated carbocycles. The molecule has 2 saturated heterocycles. The fourth-order valence-corrected chi connectivity index (χ4v) is 6.81. The van der Waals surface area contributed by atoms with Gasteiger partial charge in [0, 0.05) is 82.7 Å². The number of fused-ring (bicyclic) bond motifs is 1. The predicted octanol–water partition coefficient (Wildman–Crippen LogP) is 3.84. The summed E-state index contributed by atoms with van der Waals surface area (Å²) >= 11 is 0. The summed E-state index contributed by atoms with van der Waals surface area (Å²) in [4.78, 5) is 25.4. The van der Waals surface area contributed by atoms with E-state index >= 15 is 0 Å². The van der Waals surface area contributed by atoms with Crippen molar-refractivity contribution in [2.75, 3.05) is 86.6 Å². The summed E-state index contributed by atoms with van der Waals surface area (Å²) in [6.07, 6.45) is 8.21. The minimum Gasteiger partial charge on any atom is -0.494 e. The first-order valence-corrected chi connectivity index (χ1v) is 17.4. The largest absolute Gasteiger partial charge is 0.494 e. The van der Waals surface area contributed by atoms with Gasteiger partial charge >= 0.3 is 0 Å². The van der Waals surface area contributed by atoms with Gasteiger partial charge in [0.2, 0.25) is 16.0 Å². The van der Waals surface area contributed by atoms with Crippen molar-refractivity contribution in [2.24, 2.45) is 0 Å². The summed E-state index contributed by atoms with van der Waals surface area (Å²) < 4.78 is 32.1. The van der Waals surface area contributed by atoms with Gasteiger partial charge in [0.05, 0.1) is 30.3 Å². The number of nitrogens with one attached hydrogen (secondary N) is 2. The molecule has 0 atom stereocenters. The van der Waals surface area contributed by atoms with Crippen LogP contribution in [0.4, 0.5) is 34.5 Å². The smallest absolute Gasteiger partial charge is 0.232 e. The van der Waals surface area contributed by atoms with Gasteiger partial charge in [-0.05, 0) is 56.6 Å². The first-order valence-electron chi connectivity index (χ1n) is 15.5. The fraction of sp³-hybridized carbons (Fsp3) is 0.438. The first kappa shape index (κ1) is 31.7. The van der Waals surface area contributed by atoms with Crippen LogP contribution in [0.2, 0.25) is 0 Å². The third-order valence-corrected chi connectivity index (χ3v) is 10.1. The van der Waals surface area contributed by atoms with Crippen molar-refractivity contribution in [1.82, 2.24) is 29.7 Å². The number of anilines is 6. The lowest BCUT2D eigenvalue weighted by atomic mass is 10.0. The molecule has 13 nitrogen and oxygen atoms in total. The number of hydrogen-bond donors (Lipinski definition) is 2. The summed E-state index contributed by atoms with van der Waals surface area (Å²) in [5.41, 5.74) is 5.00. The number of aryl methyl sites for hydroxylation is 1. The van der Waals surface area contributed by atoms with E-state index in [0.29, 0.717) is 46.0 Å². The number of rotatable bonds is 9. The molecule has 4 heterocycles. The van der Waals surface area contributed by atoms with E-state index in [0.717, 1.165) is 69.6 Å². The lowest BCUT2D eigenvalue weighted by Gasteiger charge is -2.43. The molecule has 0 radical (unpaired) electrons. The van der Waals surface area contributed by atoms with Gasteiger partial charge in [-0.25, -0.2) is 13.4 Å². The van der Waals surface area contributed by atoms with E-state index < -0.39 is 10.0 Å². The molecule has 4 aromatic rings. The molecule has 0 spiro atoms. The molecule has 2 N–H and O–H groups in total. The van der Waals surface area contributed by atoms with Crippen LogP contribution in [0.15, 0.2) is 48.9 Å². The lowest BCUT2D eigenvalue weighted by molar-refractivity contribution is 0.0982. The van der Waals surface area contributed by atoms with Crippen molar-refractivity contribution in [3.63, 3.8) is 0 Å². The maximum Gasteiger partial charge on any atom is 0.232 e. The number of hydrogen-bond acceptors (Lipinski definition) is 12. The average molecular weight is 647 g/mol. The van der Waals surface area contributed by atoms with Crippen LogP contribution in [0.25, 0.3) is 11.0 Å². The summed E-state index contributed by atoms with van der Waals surface area (Å²) in [6, 6.07) is 10.1. The maximum absolute atomic E-state index is 12.5. The molecule has 244 valence electrons. The number of piperidine rings is 1. The van der Waals surface area contributed by atoms with Crippen LogP contribution in [-0.2, 0) is 10.0 Å². The third-order valence-electron chi connectivity index (χ3n) is 8.97. The Morgan fingerprint density at radius 2 is 1.65 bits per heavy atom. The monoisotopic (exact) mass is 646 g/mol. The Morgan fingerprint density at radius 3 is 2.37 bits per heavy atom. The topological polar surface area (TPSA) is 132 Å². The third kappa shape index (κ3) is 6.78. The van der Waals surface area contributed by atoms with Crippen LogP contribution in [0.3, 0.4) is 0 Å². The lowest BCUT2D eigenvalue weighted by Crippen LogP contribution is -2.52. The van der Waals surface area contributed by atoms with Gasteiger partial charge in [0.25, 0.3) is 0 Å². The zero-order valence-corrected chi connectivity index (χ0v) is 27.9. The van der Waals surface area contributed by atoms with E-state index in [1.165, 1.54) is 23.2 Å². The fourth-order valence-electron chi connectivity index (χ4n) is 6.30. The minimum absolute atomic E-state index is 0.363. The van der Waals surface area contributed by atoms with E-state index in [4.69, 9.17) is 4.74 Å². The maximum atomic E-state index is 12.5. The van der Waals surface area contributed by atoms with Crippen molar-refractivity contribution in [1.29, 1.82) is 0 Å². The molecule has 0 bridgehead atoms. The van der Waals surface area contributed by atoms with Gasteiger partial charge in [0.15, 0.2) is 0 Å². The van der Waals surface area contributed by atoms with Crippen LogP contribution in [0.5, 0.6) is 5.75 Å². The molecule has 2 aromatic carbocycles. The van der Waals surface area contributed by atoms with Gasteiger partial charge in [-0.2, -0.15) is 4.98 Å². The van der Waals surface area contributed by atoms with E-state index in [-0.39, 0.29) is 0 Å². The highest BCUT2D eigenvalue weighted by Gasteiger charge is 2.28. The first-order chi connectivity index (χ1) is 22.1. The Labute approximate surface area is 270 Å². The Hall–Kier alpha value is -4.27. The number of ether oxygens (including phenoxy) is 1. The molecule has 2 aliphatic rings. The Bertz CT molecular complexity index is 1810. The number of sulfonamides is 1. The second-order valence-electron chi connectivity index (χ2n) is 12.0. The Kier molecular flexibility index (Phi) is 9.11. The van der Waals surface area contributed by atoms with Crippen molar-refractivity contribution in [3.8, 4) is 5.75 Å². The Morgan fingerprint density at radius 1 is 0.913 bits per heavy atom. The highest BCUT2D eigenvalue weighted by Crippen LogP contribution is 2.37. The molecular formula is C32H42N10O3S. The molecule has 2 aromatic heterocycles. The number of nitrogens with zero attached hydrogens (tertiary/aromatic N) is 8. The average Bonchev–Trinajstić information content (AvgIpc) is 3.05. The standard InChI is InChI=1S/C32H42N10O3S/c1-22-20-26(28(45-4)21-27(22)42-14-9-23(10-15-42)41-18-16-39(2)17-19-41)37-32-35-11-8-29(38-32)36-25-7-6-24-30(34-13-12-33-24)31(25)40(3)46(5,43)44/h6-8,11-13,20-21,23H,9-10,14-19H2,1-5H3,(H2,35,36,37,38). The molecule has 0 unspecified atom stereocenters. The molecule has 2 fully saturated rings. The number of benzene rings is 2. The molecular weight excluding hydrogens is 604 g/mol. The summed E-state index contributed by atoms with van der Waals surface area (Å²) in [7, 11) is 1.78. The zero-order valence-electron chi connectivity index (χ0n) is 27.1. The molecule has 2 aliphatic heterocycles. The van der Waals surface area contributed by atoms with Gasteiger partial charge in [0.1, 0.15) is 22.8 Å². The molecule has 0 aliphatic carbocycles. The number of piperazine rings is 1. The van der Waals surface area contributed by atoms with Crippen LogP contribution in [0, 0.1) is 6.92 Å². The van der Waals surface area contributed by atoms with Crippen molar-refractivity contribution < 1.29 is 13.2 Å². The summed E-state index contributed by atoms with van der Waals surface area (Å²) in [6.45, 7) is 8.75. The van der Waals surface area contributed by atoms with E-state index in [1.807, 2.05) is 0 Å². The molecule has 0 amide bonds. The number of aromatic nitrogens is 4. The normalized spacial score (nSPS) is 16.8. The van der Waals surface area contributed by atoms with Gasteiger partial charge in [-0.15, -0.1) is 0 Å². The van der Waals surface area contributed by atoms with Crippen molar-refractivity contribution >= 4 is 55.6 Å².